The lowest BCUT2D eigenvalue weighted by molar-refractivity contribution is -0.137. The van der Waals surface area contributed by atoms with Crippen LogP contribution in [0.4, 0.5) is 13.2 Å². The number of pyridine rings is 1. The molecule has 2 rings (SSSR count). The van der Waals surface area contributed by atoms with Gasteiger partial charge >= 0.3 is 6.18 Å². The summed E-state index contributed by atoms with van der Waals surface area (Å²) < 4.78 is 38.2. The van der Waals surface area contributed by atoms with Gasteiger partial charge in [-0.1, -0.05) is 11.3 Å². The Hall–Kier alpha value is -3.26. The maximum absolute atomic E-state index is 12.7. The average molecular weight is 472 g/mol. The molecule has 2 heterocycles. The van der Waals surface area contributed by atoms with Gasteiger partial charge in [0.25, 0.3) is 11.8 Å². The summed E-state index contributed by atoms with van der Waals surface area (Å²) in [5, 5.41) is 14.9. The first-order valence-corrected chi connectivity index (χ1v) is 10.2. The van der Waals surface area contributed by atoms with E-state index < -0.39 is 17.6 Å². The molecule has 2 aromatic rings. The summed E-state index contributed by atoms with van der Waals surface area (Å²) in [5.41, 5.74) is 4.69. The van der Waals surface area contributed by atoms with Gasteiger partial charge in [-0.25, -0.2) is 5.84 Å². The third-order valence-electron chi connectivity index (χ3n) is 4.09. The molecule has 0 bridgehead atoms. The van der Waals surface area contributed by atoms with Gasteiger partial charge < -0.3 is 21.4 Å². The van der Waals surface area contributed by atoms with E-state index in [0.29, 0.717) is 24.4 Å². The normalized spacial score (nSPS) is 11.8. The minimum atomic E-state index is -4.50. The zero-order valence-electron chi connectivity index (χ0n) is 17.1. The molecule has 32 heavy (non-hydrogen) atoms. The number of nitrogens with one attached hydrogen (secondary N) is 2. The minimum Gasteiger partial charge on any atom is -0.393 e. The van der Waals surface area contributed by atoms with Crippen molar-refractivity contribution in [3.8, 4) is 0 Å². The van der Waals surface area contributed by atoms with Gasteiger partial charge in [0.15, 0.2) is 0 Å². The Balaban J connectivity index is 1.75. The molecule has 174 valence electrons. The van der Waals surface area contributed by atoms with Crippen molar-refractivity contribution >= 4 is 23.2 Å². The van der Waals surface area contributed by atoms with Crippen molar-refractivity contribution < 1.29 is 22.8 Å². The van der Waals surface area contributed by atoms with Gasteiger partial charge in [-0.3, -0.25) is 14.6 Å². The first-order valence-electron chi connectivity index (χ1n) is 9.43. The molecule has 14 heteroatoms. The van der Waals surface area contributed by atoms with Crippen molar-refractivity contribution in [2.24, 2.45) is 11.6 Å². The smallest absolute Gasteiger partial charge is 0.393 e. The number of hydrogen-bond acceptors (Lipinski definition) is 9. The molecule has 0 spiro atoms. The fourth-order valence-electron chi connectivity index (χ4n) is 2.45. The molecule has 0 aliphatic rings. The maximum atomic E-state index is 12.7. The predicted molar refractivity (Wildman–Crippen MR) is 110 cm³/mol. The second-order valence-electron chi connectivity index (χ2n) is 6.58. The van der Waals surface area contributed by atoms with E-state index in [1.54, 1.807) is 0 Å². The van der Waals surface area contributed by atoms with E-state index in [1.807, 2.05) is 0 Å². The standard InChI is InChI=1S/C18H23F3N8O2S/c1-24-16(31)17-28-27-14(32-17)4-2-3-7-29(23)10-13(22)15(30)26-9-12-8-11(5-6-25-12)18(19,20)21/h5-6,8,10H,2-4,7,9,22-23H2,1H3,(H,24,31)(H,26,30)/b13-10-. The highest BCUT2D eigenvalue weighted by Gasteiger charge is 2.30. The Morgan fingerprint density at radius 1 is 1.28 bits per heavy atom. The number of alkyl halides is 3. The summed E-state index contributed by atoms with van der Waals surface area (Å²) in [5.74, 6) is 4.84. The van der Waals surface area contributed by atoms with Gasteiger partial charge in [0.1, 0.15) is 10.7 Å². The monoisotopic (exact) mass is 472 g/mol. The summed E-state index contributed by atoms with van der Waals surface area (Å²) in [6.07, 6.45) is -0.243. The van der Waals surface area contributed by atoms with Gasteiger partial charge in [0, 0.05) is 32.4 Å². The van der Waals surface area contributed by atoms with Crippen LogP contribution < -0.4 is 22.2 Å². The van der Waals surface area contributed by atoms with Crippen LogP contribution in [-0.2, 0) is 23.9 Å². The van der Waals surface area contributed by atoms with Crippen molar-refractivity contribution in [3.63, 3.8) is 0 Å². The topological polar surface area (TPSA) is 152 Å². The highest BCUT2D eigenvalue weighted by Crippen LogP contribution is 2.28. The minimum absolute atomic E-state index is 0.0434. The van der Waals surface area contributed by atoms with Crippen LogP contribution in [0.2, 0.25) is 0 Å². The third kappa shape index (κ3) is 7.77. The highest BCUT2D eigenvalue weighted by molar-refractivity contribution is 7.13. The summed E-state index contributed by atoms with van der Waals surface area (Å²) in [4.78, 5) is 27.3. The number of halogens is 3. The molecule has 0 saturated heterocycles. The lowest BCUT2D eigenvalue weighted by Crippen LogP contribution is -2.33. The summed E-state index contributed by atoms with van der Waals surface area (Å²) >= 11 is 1.21. The van der Waals surface area contributed by atoms with Crippen molar-refractivity contribution in [2.75, 3.05) is 13.6 Å². The lowest BCUT2D eigenvalue weighted by atomic mass is 10.2. The molecule has 0 atom stereocenters. The zero-order valence-corrected chi connectivity index (χ0v) is 18.0. The van der Waals surface area contributed by atoms with Crippen LogP contribution in [0.3, 0.4) is 0 Å². The van der Waals surface area contributed by atoms with Gasteiger partial charge in [0.05, 0.1) is 17.8 Å². The largest absolute Gasteiger partial charge is 0.416 e. The molecule has 0 aliphatic carbocycles. The molecule has 10 nitrogen and oxygen atoms in total. The molecular formula is C18H23F3N8O2S. The van der Waals surface area contributed by atoms with Crippen molar-refractivity contribution in [3.05, 3.63) is 51.5 Å². The predicted octanol–water partition coefficient (Wildman–Crippen LogP) is 0.926. The summed E-state index contributed by atoms with van der Waals surface area (Å²) in [7, 11) is 1.51. The number of rotatable bonds is 10. The number of nitrogens with zero attached hydrogens (tertiary/aromatic N) is 4. The van der Waals surface area contributed by atoms with E-state index in [2.05, 4.69) is 25.8 Å². The van der Waals surface area contributed by atoms with Gasteiger partial charge in [-0.15, -0.1) is 10.2 Å². The van der Waals surface area contributed by atoms with Gasteiger partial charge in [-0.2, -0.15) is 13.2 Å². The highest BCUT2D eigenvalue weighted by atomic mass is 32.1. The number of amides is 2. The number of carbonyl (C=O) groups excluding carboxylic acids is 2. The number of aryl methyl sites for hydroxylation is 1. The molecule has 0 saturated carbocycles. The van der Waals surface area contributed by atoms with Gasteiger partial charge in [-0.05, 0) is 25.0 Å². The lowest BCUT2D eigenvalue weighted by Gasteiger charge is -2.14. The molecule has 2 amide bonds. The van der Waals surface area contributed by atoms with Crippen molar-refractivity contribution in [1.82, 2.24) is 30.8 Å². The SMILES string of the molecule is CNC(=O)c1nnc(CCCCN(N)/C=C(\N)C(=O)NCc2cc(C(F)(F)F)ccn2)s1. The molecule has 0 aromatic carbocycles. The molecule has 0 unspecified atom stereocenters. The first kappa shape index (κ1) is 25.0. The number of nitrogens with two attached hydrogens (primary N) is 2. The molecule has 0 fully saturated rings. The summed E-state index contributed by atoms with van der Waals surface area (Å²) in [6.45, 7) is 0.173. The van der Waals surface area contributed by atoms with E-state index in [0.717, 1.165) is 29.8 Å². The van der Waals surface area contributed by atoms with Crippen LogP contribution in [0.1, 0.15) is 38.9 Å². The van der Waals surface area contributed by atoms with Crippen LogP contribution >= 0.6 is 11.3 Å². The van der Waals surface area contributed by atoms with Crippen molar-refractivity contribution in [1.29, 1.82) is 0 Å². The molecule has 2 aromatic heterocycles. The van der Waals surface area contributed by atoms with Crippen molar-refractivity contribution in [2.45, 2.75) is 32.0 Å². The number of unbranched alkanes of at least 4 members (excludes halogenated alkanes) is 1. The number of carbonyl (C=O) groups is 2. The Labute approximate surface area is 185 Å². The van der Waals surface area contributed by atoms with Gasteiger partial charge in [0.2, 0.25) is 5.01 Å². The van der Waals surface area contributed by atoms with Crippen LogP contribution in [0.15, 0.2) is 30.2 Å². The molecule has 0 aliphatic heterocycles. The molecule has 6 N–H and O–H groups in total. The molecular weight excluding hydrogens is 449 g/mol. The zero-order chi connectivity index (χ0) is 23.7. The van der Waals surface area contributed by atoms with E-state index in [9.17, 15) is 22.8 Å². The second-order valence-corrected chi connectivity index (χ2v) is 7.64. The maximum Gasteiger partial charge on any atom is 0.416 e. The van der Waals surface area contributed by atoms with E-state index in [-0.39, 0.29) is 23.8 Å². The summed E-state index contributed by atoms with van der Waals surface area (Å²) in [6, 6.07) is 1.70. The Bertz CT molecular complexity index is 964. The Kier molecular flexibility index (Phi) is 8.90. The van der Waals surface area contributed by atoms with Crippen LogP contribution in [0.25, 0.3) is 0 Å². The fraction of sp³-hybridized carbons (Fsp3) is 0.389. The second kappa shape index (κ2) is 11.4. The van der Waals surface area contributed by atoms with Crippen LogP contribution in [0, 0.1) is 0 Å². The molecule has 0 radical (unpaired) electrons. The quantitative estimate of drug-likeness (QED) is 0.172. The van der Waals surface area contributed by atoms with E-state index >= 15 is 0 Å². The van der Waals surface area contributed by atoms with Crippen LogP contribution in [-0.4, -0.2) is 45.6 Å². The average Bonchev–Trinajstić information content (AvgIpc) is 3.23. The number of hydrazine groups is 1. The number of aromatic nitrogens is 3. The fourth-order valence-corrected chi connectivity index (χ4v) is 3.28. The first-order chi connectivity index (χ1) is 15.1. The van der Waals surface area contributed by atoms with E-state index in [1.165, 1.54) is 29.6 Å². The number of hydrogen-bond donors (Lipinski definition) is 4. The van der Waals surface area contributed by atoms with E-state index in [4.69, 9.17) is 11.6 Å². The van der Waals surface area contributed by atoms with Crippen LogP contribution in [0.5, 0.6) is 0 Å². The Morgan fingerprint density at radius 2 is 2.03 bits per heavy atom. The Morgan fingerprint density at radius 3 is 2.72 bits per heavy atom. The third-order valence-corrected chi connectivity index (χ3v) is 5.07.